The molecule has 7 aromatic carbocycles. The van der Waals surface area contributed by atoms with Crippen molar-refractivity contribution >= 4 is 67.8 Å². The summed E-state index contributed by atoms with van der Waals surface area (Å²) in [6.45, 7) is 16.8. The number of rotatable bonds is 5. The lowest BCUT2D eigenvalue weighted by atomic mass is 9.45. The van der Waals surface area contributed by atoms with Crippen LogP contribution in [0, 0.1) is 11.8 Å². The molecule has 7 aliphatic rings. The molecule has 0 N–H and O–H groups in total. The molecule has 16 rings (SSSR count). The van der Waals surface area contributed by atoms with Crippen LogP contribution in [-0.2, 0) is 27.1 Å². The van der Waals surface area contributed by atoms with Crippen LogP contribution in [0.4, 0.5) is 17.3 Å². The number of fused-ring (bicyclic) bond motifs is 14. The molecule has 0 radical (unpaired) electrons. The molecule has 0 atom stereocenters. The highest BCUT2D eigenvalue weighted by atomic mass is 16.4. The number of nitrogens with zero attached hydrogens (tertiary/aromatic N) is 2. The summed E-state index contributed by atoms with van der Waals surface area (Å²) in [5.74, 6) is 2.65. The van der Waals surface area contributed by atoms with Gasteiger partial charge < -0.3 is 8.90 Å². The van der Waals surface area contributed by atoms with Crippen molar-refractivity contribution in [2.45, 2.75) is 178 Å². The molecule has 5 aliphatic carbocycles. The van der Waals surface area contributed by atoms with Crippen molar-refractivity contribution in [3.05, 3.63) is 161 Å². The lowest BCUT2D eigenvalue weighted by Gasteiger charge is -2.46. The number of anilines is 3. The SMILES string of the molecule is CC(C)(C)c1ccc(N2c3cc(-c4ccccc4)cc4c3B(c3c2oc2cc5c(cc32)C(C)(C)CCC5(C)C)n2c3ccc(C56CCCC(CCC5)C6)cc3c3cc(C56CCCC(CCC5)C6)cc-4c32)c(-c2ccccc2)c1. The average Bonchev–Trinajstić information content (AvgIpc) is 3.38. The van der Waals surface area contributed by atoms with Gasteiger partial charge >= 0.3 is 6.85 Å². The second-order valence-electron chi connectivity index (χ2n) is 28.7. The van der Waals surface area contributed by atoms with Gasteiger partial charge in [0.05, 0.1) is 5.69 Å². The largest absolute Gasteiger partial charge is 0.440 e. The van der Waals surface area contributed by atoms with Crippen molar-refractivity contribution in [1.82, 2.24) is 4.48 Å². The summed E-state index contributed by atoms with van der Waals surface area (Å²) < 4.78 is 10.7. The van der Waals surface area contributed by atoms with Crippen LogP contribution in [0.2, 0.25) is 0 Å². The molecule has 9 aromatic rings. The van der Waals surface area contributed by atoms with E-state index in [2.05, 4.69) is 191 Å². The second kappa shape index (κ2) is 16.7. The van der Waals surface area contributed by atoms with Crippen molar-refractivity contribution in [2.75, 3.05) is 4.90 Å². The van der Waals surface area contributed by atoms with Gasteiger partial charge in [0.15, 0.2) is 0 Å². The minimum absolute atomic E-state index is 0.0289. The van der Waals surface area contributed by atoms with E-state index in [1.54, 1.807) is 11.1 Å². The first-order valence-electron chi connectivity index (χ1n) is 30.7. The van der Waals surface area contributed by atoms with E-state index in [1.807, 2.05) is 0 Å². The van der Waals surface area contributed by atoms with Crippen LogP contribution >= 0.6 is 0 Å². The van der Waals surface area contributed by atoms with E-state index in [-0.39, 0.29) is 33.9 Å². The van der Waals surface area contributed by atoms with Gasteiger partial charge in [0.25, 0.3) is 0 Å². The zero-order chi connectivity index (χ0) is 52.7. The summed E-state index contributed by atoms with van der Waals surface area (Å²) in [4.78, 5) is 2.60. The van der Waals surface area contributed by atoms with Crippen LogP contribution in [-0.4, -0.2) is 11.3 Å². The van der Waals surface area contributed by atoms with Crippen molar-refractivity contribution in [1.29, 1.82) is 0 Å². The highest BCUT2D eigenvalue weighted by molar-refractivity contribution is 6.91. The van der Waals surface area contributed by atoms with Gasteiger partial charge in [-0.2, -0.15) is 0 Å². The van der Waals surface area contributed by atoms with Crippen LogP contribution in [0.5, 0.6) is 0 Å². The van der Waals surface area contributed by atoms with Gasteiger partial charge in [0, 0.05) is 49.5 Å². The Morgan fingerprint density at radius 1 is 0.500 bits per heavy atom. The quantitative estimate of drug-likeness (QED) is 0.160. The molecule has 0 saturated heterocycles. The molecule has 4 fully saturated rings. The molecule has 0 amide bonds. The minimum Gasteiger partial charge on any atom is -0.440 e. The van der Waals surface area contributed by atoms with E-state index in [9.17, 15) is 0 Å². The summed E-state index contributed by atoms with van der Waals surface area (Å²) in [6.07, 6.45) is 21.3. The van der Waals surface area contributed by atoms with E-state index in [0.717, 1.165) is 41.8 Å². The molecule has 2 aromatic heterocycles. The maximum atomic E-state index is 7.84. The standard InChI is InChI=1S/C74H77BN2O/c1-70(2,3)51-26-28-62(54(38-51)49-24-12-9-13-25-49)76-64-37-50(48-22-10-8-11-23-48)36-56-58-41-53(74-32-16-20-47(45-74)21-17-33-74)40-57-55-39-52(73-30-14-18-46(44-73)19-15-31-73)27-29-63(55)77(68(57)58)75(66(56)64)67-59-42-60-61(43-65(59)78-69(67)76)72(6,7)35-34-71(60,4)5/h8-13,22-29,36-43,46-47H,14-21,30-35,44-45H2,1-7H3. The molecule has 4 saturated carbocycles. The van der Waals surface area contributed by atoms with E-state index < -0.39 is 0 Å². The molecule has 392 valence electrons. The van der Waals surface area contributed by atoms with E-state index in [0.29, 0.717) is 0 Å². The van der Waals surface area contributed by atoms with E-state index in [1.165, 1.54) is 184 Å². The van der Waals surface area contributed by atoms with E-state index >= 15 is 0 Å². The molecule has 4 heteroatoms. The molecule has 0 spiro atoms. The predicted molar refractivity (Wildman–Crippen MR) is 330 cm³/mol. The summed E-state index contributed by atoms with van der Waals surface area (Å²) in [5.41, 5.74) is 24.6. The Morgan fingerprint density at radius 2 is 1.12 bits per heavy atom. The maximum Gasteiger partial charge on any atom is 0.337 e. The Bertz CT molecular complexity index is 3930. The van der Waals surface area contributed by atoms with Crippen LogP contribution in [0.25, 0.3) is 66.2 Å². The van der Waals surface area contributed by atoms with Crippen LogP contribution in [0.3, 0.4) is 0 Å². The van der Waals surface area contributed by atoms with Crippen molar-refractivity contribution < 1.29 is 4.42 Å². The van der Waals surface area contributed by atoms with Gasteiger partial charge in [-0.25, -0.2) is 0 Å². The highest BCUT2D eigenvalue weighted by Crippen LogP contribution is 2.57. The molecule has 4 bridgehead atoms. The van der Waals surface area contributed by atoms with Crippen molar-refractivity contribution in [2.24, 2.45) is 11.8 Å². The number of aromatic nitrogens is 1. The van der Waals surface area contributed by atoms with Crippen molar-refractivity contribution in [3.63, 3.8) is 0 Å². The molecular formula is C74H77BN2O. The van der Waals surface area contributed by atoms with Crippen LogP contribution < -0.4 is 15.8 Å². The fraction of sp³-hybridized carbons (Fsp3) is 0.405. The normalized spacial score (nSPS) is 24.6. The Morgan fingerprint density at radius 3 is 1.77 bits per heavy atom. The summed E-state index contributed by atoms with van der Waals surface area (Å²) in [6, 6.07) is 53.6. The average molecular weight is 1020 g/mol. The van der Waals surface area contributed by atoms with Gasteiger partial charge in [-0.05, 0) is 206 Å². The summed E-state index contributed by atoms with van der Waals surface area (Å²) in [7, 11) is 0. The predicted octanol–water partition coefficient (Wildman–Crippen LogP) is 19.2. The third-order valence-electron chi connectivity index (χ3n) is 22.2. The molecule has 78 heavy (non-hydrogen) atoms. The first-order valence-corrected chi connectivity index (χ1v) is 30.7. The minimum atomic E-state index is -0.123. The Balaban J connectivity index is 1.06. The fourth-order valence-electron chi connectivity index (χ4n) is 18.0. The molecular weight excluding hydrogens is 944 g/mol. The Hall–Kier alpha value is -6.26. The maximum absolute atomic E-state index is 7.84. The Labute approximate surface area is 463 Å². The van der Waals surface area contributed by atoms with Gasteiger partial charge in [0.2, 0.25) is 5.88 Å². The summed E-state index contributed by atoms with van der Waals surface area (Å²) in [5, 5.41) is 4.20. The monoisotopic (exact) mass is 1020 g/mol. The van der Waals surface area contributed by atoms with Gasteiger partial charge in [-0.1, -0.05) is 173 Å². The third-order valence-corrected chi connectivity index (χ3v) is 22.2. The smallest absolute Gasteiger partial charge is 0.337 e. The lowest BCUT2D eigenvalue weighted by molar-refractivity contribution is 0.149. The third kappa shape index (κ3) is 6.89. The van der Waals surface area contributed by atoms with Gasteiger partial charge in [0.1, 0.15) is 5.58 Å². The van der Waals surface area contributed by atoms with Gasteiger partial charge in [-0.3, -0.25) is 4.90 Å². The second-order valence-corrected chi connectivity index (χ2v) is 28.7. The molecule has 2 aliphatic heterocycles. The highest BCUT2D eigenvalue weighted by Gasteiger charge is 2.50. The molecule has 0 unspecified atom stereocenters. The topological polar surface area (TPSA) is 21.3 Å². The number of hydrogen-bond donors (Lipinski definition) is 0. The van der Waals surface area contributed by atoms with E-state index in [4.69, 9.17) is 4.42 Å². The molecule has 3 nitrogen and oxygen atoms in total. The zero-order valence-electron chi connectivity index (χ0n) is 47.6. The van der Waals surface area contributed by atoms with Gasteiger partial charge in [-0.15, -0.1) is 0 Å². The number of hydrogen-bond acceptors (Lipinski definition) is 2. The van der Waals surface area contributed by atoms with Crippen molar-refractivity contribution in [3.8, 4) is 33.4 Å². The summed E-state index contributed by atoms with van der Waals surface area (Å²) >= 11 is 0. The lowest BCUT2D eigenvalue weighted by Crippen LogP contribution is -2.56. The number of furan rings is 1. The number of benzene rings is 7. The van der Waals surface area contributed by atoms with Crippen LogP contribution in [0.1, 0.15) is 179 Å². The first kappa shape index (κ1) is 47.7. The first-order chi connectivity index (χ1) is 37.7. The molecule has 4 heterocycles. The zero-order valence-corrected chi connectivity index (χ0v) is 47.6. The van der Waals surface area contributed by atoms with Crippen LogP contribution in [0.15, 0.2) is 138 Å². The fourth-order valence-corrected chi connectivity index (χ4v) is 18.0. The Kier molecular flexibility index (Phi) is 10.2.